The van der Waals surface area contributed by atoms with Crippen molar-refractivity contribution in [2.24, 2.45) is 0 Å². The van der Waals surface area contributed by atoms with E-state index in [-0.39, 0.29) is 22.1 Å². The third-order valence-corrected chi connectivity index (χ3v) is 2.39. The van der Waals surface area contributed by atoms with Crippen LogP contribution in [-0.4, -0.2) is 20.2 Å². The molecule has 0 bridgehead atoms. The summed E-state index contributed by atoms with van der Waals surface area (Å²) in [6, 6.07) is 2.54. The van der Waals surface area contributed by atoms with Gasteiger partial charge in [-0.1, -0.05) is 11.6 Å². The lowest BCUT2D eigenvalue weighted by Gasteiger charge is -2.01. The summed E-state index contributed by atoms with van der Waals surface area (Å²) in [5.41, 5.74) is 6.06. The second kappa shape index (κ2) is 4.05. The quantitative estimate of drug-likeness (QED) is 0.813. The molecule has 16 heavy (non-hydrogen) atoms. The van der Waals surface area contributed by atoms with Crippen molar-refractivity contribution in [3.8, 4) is 11.4 Å². The van der Waals surface area contributed by atoms with Gasteiger partial charge in [-0.2, -0.15) is 4.80 Å². The van der Waals surface area contributed by atoms with Gasteiger partial charge in [0.15, 0.2) is 0 Å². The summed E-state index contributed by atoms with van der Waals surface area (Å²) in [4.78, 5) is 1.36. The van der Waals surface area contributed by atoms with E-state index < -0.39 is 5.82 Å². The molecule has 0 unspecified atom stereocenters. The predicted octanol–water partition coefficient (Wildman–Crippen LogP) is 1.73. The van der Waals surface area contributed by atoms with Crippen molar-refractivity contribution in [2.75, 3.05) is 5.73 Å². The fourth-order valence-corrected chi connectivity index (χ4v) is 1.37. The van der Waals surface area contributed by atoms with Gasteiger partial charge in [0.05, 0.1) is 22.8 Å². The van der Waals surface area contributed by atoms with Crippen molar-refractivity contribution in [2.45, 2.75) is 13.5 Å². The van der Waals surface area contributed by atoms with Crippen LogP contribution in [0.1, 0.15) is 6.92 Å². The van der Waals surface area contributed by atoms with Crippen LogP contribution in [0, 0.1) is 5.82 Å². The standard InChI is InChI=1S/C9H9ClFN5/c1-2-16-14-9(13-15-16)5-3-8(12)6(10)4-7(5)11/h3-4H,2,12H2,1H3. The second-order valence-corrected chi connectivity index (χ2v) is 3.56. The van der Waals surface area contributed by atoms with Gasteiger partial charge in [0.1, 0.15) is 5.82 Å². The van der Waals surface area contributed by atoms with E-state index in [4.69, 9.17) is 17.3 Å². The highest BCUT2D eigenvalue weighted by Crippen LogP contribution is 2.27. The molecule has 0 aliphatic heterocycles. The summed E-state index contributed by atoms with van der Waals surface area (Å²) in [6.07, 6.45) is 0. The van der Waals surface area contributed by atoms with Crippen LogP contribution in [0.3, 0.4) is 0 Å². The zero-order chi connectivity index (χ0) is 11.7. The number of tetrazole rings is 1. The Labute approximate surface area is 96.0 Å². The smallest absolute Gasteiger partial charge is 0.207 e. The Balaban J connectivity index is 2.51. The summed E-state index contributed by atoms with van der Waals surface area (Å²) in [7, 11) is 0. The fraction of sp³-hybridized carbons (Fsp3) is 0.222. The zero-order valence-electron chi connectivity index (χ0n) is 8.48. The first-order valence-electron chi connectivity index (χ1n) is 4.64. The van der Waals surface area contributed by atoms with E-state index in [9.17, 15) is 4.39 Å². The number of hydrogen-bond donors (Lipinski definition) is 1. The molecule has 2 aromatic rings. The lowest BCUT2D eigenvalue weighted by atomic mass is 10.2. The molecule has 1 heterocycles. The number of nitrogen functional groups attached to an aromatic ring is 1. The molecular formula is C9H9ClFN5. The SMILES string of the molecule is CCn1nnc(-c2cc(N)c(Cl)cc2F)n1. The Morgan fingerprint density at radius 2 is 2.25 bits per heavy atom. The lowest BCUT2D eigenvalue weighted by Crippen LogP contribution is -1.98. The number of aryl methyl sites for hydroxylation is 1. The van der Waals surface area contributed by atoms with E-state index in [0.29, 0.717) is 6.54 Å². The lowest BCUT2D eigenvalue weighted by molar-refractivity contribution is 0.552. The van der Waals surface area contributed by atoms with Crippen LogP contribution in [0.2, 0.25) is 5.02 Å². The minimum absolute atomic E-state index is 0.170. The Morgan fingerprint density at radius 1 is 1.50 bits per heavy atom. The highest BCUT2D eigenvalue weighted by atomic mass is 35.5. The van der Waals surface area contributed by atoms with Gasteiger partial charge in [0.25, 0.3) is 0 Å². The van der Waals surface area contributed by atoms with E-state index in [1.165, 1.54) is 10.9 Å². The first-order valence-corrected chi connectivity index (χ1v) is 5.02. The van der Waals surface area contributed by atoms with E-state index >= 15 is 0 Å². The molecule has 2 N–H and O–H groups in total. The van der Waals surface area contributed by atoms with Crippen molar-refractivity contribution in [3.05, 3.63) is 23.0 Å². The second-order valence-electron chi connectivity index (χ2n) is 3.16. The van der Waals surface area contributed by atoms with Crippen LogP contribution in [0.15, 0.2) is 12.1 Å². The van der Waals surface area contributed by atoms with Crippen LogP contribution >= 0.6 is 11.6 Å². The molecular weight excluding hydrogens is 233 g/mol. The third-order valence-electron chi connectivity index (χ3n) is 2.06. The number of rotatable bonds is 2. The van der Waals surface area contributed by atoms with Crippen LogP contribution in [-0.2, 0) is 6.54 Å². The minimum Gasteiger partial charge on any atom is -0.398 e. The summed E-state index contributed by atoms with van der Waals surface area (Å²) < 4.78 is 13.6. The molecule has 1 aromatic carbocycles. The number of hydrogen-bond acceptors (Lipinski definition) is 4. The average molecular weight is 242 g/mol. The maximum Gasteiger partial charge on any atom is 0.207 e. The maximum absolute atomic E-state index is 13.6. The Bertz CT molecular complexity index is 525. The minimum atomic E-state index is -0.519. The molecule has 0 saturated carbocycles. The molecule has 7 heteroatoms. The Kier molecular flexibility index (Phi) is 2.74. The molecule has 0 aliphatic rings. The van der Waals surface area contributed by atoms with Gasteiger partial charge in [0.2, 0.25) is 5.82 Å². The average Bonchev–Trinajstić information content (AvgIpc) is 2.71. The van der Waals surface area contributed by atoms with Gasteiger partial charge in [-0.05, 0) is 24.3 Å². The summed E-state index contributed by atoms with van der Waals surface area (Å²) in [6.45, 7) is 2.43. The molecule has 0 spiro atoms. The molecule has 0 fully saturated rings. The summed E-state index contributed by atoms with van der Waals surface area (Å²) >= 11 is 5.68. The Hall–Kier alpha value is -1.69. The monoisotopic (exact) mass is 241 g/mol. The van der Waals surface area contributed by atoms with Gasteiger partial charge in [-0.15, -0.1) is 10.2 Å². The Morgan fingerprint density at radius 3 is 2.88 bits per heavy atom. The fourth-order valence-electron chi connectivity index (χ4n) is 1.22. The highest BCUT2D eigenvalue weighted by Gasteiger charge is 2.13. The topological polar surface area (TPSA) is 69.6 Å². The molecule has 0 radical (unpaired) electrons. The van der Waals surface area contributed by atoms with E-state index in [0.717, 1.165) is 6.07 Å². The third kappa shape index (κ3) is 1.83. The van der Waals surface area contributed by atoms with Crippen LogP contribution in [0.4, 0.5) is 10.1 Å². The van der Waals surface area contributed by atoms with Crippen molar-refractivity contribution in [3.63, 3.8) is 0 Å². The predicted molar refractivity (Wildman–Crippen MR) is 58.3 cm³/mol. The molecule has 2 rings (SSSR count). The number of benzene rings is 1. The van der Waals surface area contributed by atoms with Crippen molar-refractivity contribution < 1.29 is 4.39 Å². The van der Waals surface area contributed by atoms with Crippen molar-refractivity contribution >= 4 is 17.3 Å². The van der Waals surface area contributed by atoms with Gasteiger partial charge >= 0.3 is 0 Å². The normalized spacial score (nSPS) is 10.7. The zero-order valence-corrected chi connectivity index (χ0v) is 9.24. The molecule has 1 aromatic heterocycles. The van der Waals surface area contributed by atoms with Crippen LogP contribution < -0.4 is 5.73 Å². The van der Waals surface area contributed by atoms with Gasteiger partial charge in [-0.3, -0.25) is 0 Å². The largest absolute Gasteiger partial charge is 0.398 e. The number of aromatic nitrogens is 4. The number of nitrogens with zero attached hydrogens (tertiary/aromatic N) is 4. The van der Waals surface area contributed by atoms with E-state index in [1.807, 2.05) is 6.92 Å². The van der Waals surface area contributed by atoms with Crippen molar-refractivity contribution in [1.82, 2.24) is 20.2 Å². The van der Waals surface area contributed by atoms with E-state index in [2.05, 4.69) is 15.4 Å². The molecule has 5 nitrogen and oxygen atoms in total. The van der Waals surface area contributed by atoms with Crippen molar-refractivity contribution in [1.29, 1.82) is 0 Å². The number of nitrogens with two attached hydrogens (primary N) is 1. The molecule has 0 aliphatic carbocycles. The van der Waals surface area contributed by atoms with E-state index in [1.54, 1.807) is 0 Å². The summed E-state index contributed by atoms with van der Waals surface area (Å²) in [5, 5.41) is 11.6. The first-order chi connectivity index (χ1) is 7.61. The van der Waals surface area contributed by atoms with Crippen LogP contribution in [0.5, 0.6) is 0 Å². The van der Waals surface area contributed by atoms with Gasteiger partial charge in [-0.25, -0.2) is 4.39 Å². The molecule has 84 valence electrons. The first kappa shape index (κ1) is 10.8. The number of halogens is 2. The summed E-state index contributed by atoms with van der Waals surface area (Å²) in [5.74, 6) is -0.322. The molecule has 0 amide bonds. The van der Waals surface area contributed by atoms with Gasteiger partial charge < -0.3 is 5.73 Å². The molecule has 0 atom stereocenters. The maximum atomic E-state index is 13.6. The van der Waals surface area contributed by atoms with Crippen LogP contribution in [0.25, 0.3) is 11.4 Å². The van der Waals surface area contributed by atoms with Gasteiger partial charge in [0, 0.05) is 0 Å². The molecule has 0 saturated heterocycles. The highest BCUT2D eigenvalue weighted by molar-refractivity contribution is 6.33. The number of anilines is 1.